The highest BCUT2D eigenvalue weighted by atomic mass is 32.2. The van der Waals surface area contributed by atoms with Crippen molar-refractivity contribution >= 4 is 35.2 Å². The fourth-order valence-electron chi connectivity index (χ4n) is 3.20. The molecule has 8 heteroatoms. The Bertz CT molecular complexity index is 942. The van der Waals surface area contributed by atoms with E-state index in [2.05, 4.69) is 5.32 Å². The Morgan fingerprint density at radius 1 is 1.07 bits per heavy atom. The highest BCUT2D eigenvalue weighted by Crippen LogP contribution is 2.32. The summed E-state index contributed by atoms with van der Waals surface area (Å²) in [5.41, 5.74) is 1.51. The van der Waals surface area contributed by atoms with Crippen LogP contribution in [0.2, 0.25) is 0 Å². The zero-order valence-corrected chi connectivity index (χ0v) is 16.7. The molecule has 0 saturated carbocycles. The molecule has 0 saturated heterocycles. The van der Waals surface area contributed by atoms with E-state index < -0.39 is 0 Å². The molecule has 1 atom stereocenters. The Labute approximate surface area is 172 Å². The molecule has 0 fully saturated rings. The van der Waals surface area contributed by atoms with Crippen LogP contribution in [0.5, 0.6) is 11.5 Å². The number of nitrogens with one attached hydrogen (secondary N) is 1. The Morgan fingerprint density at radius 3 is 2.41 bits per heavy atom. The molecule has 4 rings (SSSR count). The van der Waals surface area contributed by atoms with Gasteiger partial charge in [-0.25, -0.2) is 0 Å². The Hall–Kier alpha value is -3.00. The maximum Gasteiger partial charge on any atom is 0.261 e. The van der Waals surface area contributed by atoms with Crippen LogP contribution in [0.15, 0.2) is 42.5 Å². The number of hydrogen-bond acceptors (Lipinski definition) is 6. The van der Waals surface area contributed by atoms with Gasteiger partial charge in [0.2, 0.25) is 5.91 Å². The largest absolute Gasteiger partial charge is 0.486 e. The molecule has 0 spiro atoms. The summed E-state index contributed by atoms with van der Waals surface area (Å²) in [6, 6.07) is 12.1. The van der Waals surface area contributed by atoms with Crippen LogP contribution in [0.3, 0.4) is 0 Å². The van der Waals surface area contributed by atoms with Crippen LogP contribution in [0.25, 0.3) is 0 Å². The summed E-state index contributed by atoms with van der Waals surface area (Å²) in [5.74, 6) is 1.03. The Morgan fingerprint density at radius 2 is 1.72 bits per heavy atom. The number of carbonyl (C=O) groups excluding carboxylic acids is 3. The molecule has 2 heterocycles. The van der Waals surface area contributed by atoms with Gasteiger partial charge in [-0.3, -0.25) is 19.3 Å². The van der Waals surface area contributed by atoms with Crippen LogP contribution in [0.1, 0.15) is 27.6 Å². The van der Waals surface area contributed by atoms with E-state index in [1.54, 1.807) is 49.4 Å². The highest BCUT2D eigenvalue weighted by Gasteiger charge is 2.34. The lowest BCUT2D eigenvalue weighted by molar-refractivity contribution is -0.115. The third-order valence-electron chi connectivity index (χ3n) is 4.74. The minimum Gasteiger partial charge on any atom is -0.486 e. The minimum atomic E-state index is -0.349. The third-order valence-corrected chi connectivity index (χ3v) is 5.87. The number of rotatable bonds is 6. The average molecular weight is 412 g/mol. The Balaban J connectivity index is 1.29. The number of ether oxygens (including phenoxy) is 2. The molecule has 0 radical (unpaired) electrons. The van der Waals surface area contributed by atoms with E-state index in [1.165, 1.54) is 16.7 Å². The summed E-state index contributed by atoms with van der Waals surface area (Å²) >= 11 is 1.39. The van der Waals surface area contributed by atoms with Gasteiger partial charge in [0.25, 0.3) is 11.8 Å². The van der Waals surface area contributed by atoms with Gasteiger partial charge >= 0.3 is 0 Å². The summed E-state index contributed by atoms with van der Waals surface area (Å²) in [5, 5.41) is 2.51. The molecular formula is C21H20N2O5S. The van der Waals surface area contributed by atoms with E-state index in [4.69, 9.17) is 9.47 Å². The van der Waals surface area contributed by atoms with Crippen molar-refractivity contribution in [2.45, 2.75) is 12.2 Å². The molecule has 29 heavy (non-hydrogen) atoms. The van der Waals surface area contributed by atoms with Crippen LogP contribution in [0, 0.1) is 0 Å². The summed E-state index contributed by atoms with van der Waals surface area (Å²) in [6.45, 7) is 3.05. The molecule has 2 aromatic carbocycles. The second kappa shape index (κ2) is 8.16. The number of nitrogens with zero attached hydrogens (tertiary/aromatic N) is 1. The molecular weight excluding hydrogens is 392 g/mol. The van der Waals surface area contributed by atoms with E-state index in [1.807, 2.05) is 0 Å². The maximum atomic E-state index is 12.5. The average Bonchev–Trinajstić information content (AvgIpc) is 2.98. The molecule has 2 aliphatic heterocycles. The van der Waals surface area contributed by atoms with Gasteiger partial charge in [0, 0.05) is 24.1 Å². The predicted octanol–water partition coefficient (Wildman–Crippen LogP) is 2.81. The van der Waals surface area contributed by atoms with Crippen LogP contribution in [-0.2, 0) is 4.79 Å². The summed E-state index contributed by atoms with van der Waals surface area (Å²) in [7, 11) is 0. The Kier molecular flexibility index (Phi) is 5.44. The van der Waals surface area contributed by atoms with Gasteiger partial charge in [0.1, 0.15) is 13.2 Å². The first-order chi connectivity index (χ1) is 14.0. The molecule has 0 aromatic heterocycles. The highest BCUT2D eigenvalue weighted by molar-refractivity contribution is 8.00. The number of imide groups is 1. The van der Waals surface area contributed by atoms with Crippen molar-refractivity contribution in [2.75, 3.05) is 30.8 Å². The molecule has 0 unspecified atom stereocenters. The van der Waals surface area contributed by atoms with Gasteiger partial charge in [0.05, 0.1) is 16.4 Å². The minimum absolute atomic E-state index is 0.158. The van der Waals surface area contributed by atoms with Crippen LogP contribution in [0.4, 0.5) is 5.69 Å². The molecule has 150 valence electrons. The third kappa shape index (κ3) is 3.93. The molecule has 7 nitrogen and oxygen atoms in total. The lowest BCUT2D eigenvalue weighted by Crippen LogP contribution is -2.32. The fourth-order valence-corrected chi connectivity index (χ4v) is 4.06. The zero-order valence-electron chi connectivity index (χ0n) is 15.8. The molecule has 1 N–H and O–H groups in total. The van der Waals surface area contributed by atoms with Gasteiger partial charge in [0.15, 0.2) is 11.5 Å². The number of thioether (sulfide) groups is 1. The smallest absolute Gasteiger partial charge is 0.261 e. The number of fused-ring (bicyclic) bond motifs is 2. The van der Waals surface area contributed by atoms with Crippen LogP contribution < -0.4 is 14.8 Å². The standard InChI is InChI=1S/C21H20N2O5S/c1-13(19(24)22-14-6-7-17-18(12-14)28-10-9-27-17)29-11-8-23-20(25)15-4-2-3-5-16(15)21(23)26/h2-7,12-13H,8-11H2,1H3,(H,22,24)/t13-/m0/s1. The first-order valence-corrected chi connectivity index (χ1v) is 10.4. The zero-order chi connectivity index (χ0) is 20.4. The lowest BCUT2D eigenvalue weighted by atomic mass is 10.1. The fraction of sp³-hybridized carbons (Fsp3) is 0.286. The lowest BCUT2D eigenvalue weighted by Gasteiger charge is -2.19. The quantitative estimate of drug-likeness (QED) is 0.735. The second-order valence-corrected chi connectivity index (χ2v) is 8.12. The normalized spacial score (nSPS) is 15.8. The van der Waals surface area contributed by atoms with E-state index in [-0.39, 0.29) is 29.5 Å². The number of amides is 3. The maximum absolute atomic E-state index is 12.5. The first kappa shape index (κ1) is 19.3. The number of carbonyl (C=O) groups is 3. The van der Waals surface area contributed by atoms with Crippen molar-refractivity contribution in [3.63, 3.8) is 0 Å². The van der Waals surface area contributed by atoms with Gasteiger partial charge in [-0.1, -0.05) is 12.1 Å². The van der Waals surface area contributed by atoms with Gasteiger partial charge in [-0.15, -0.1) is 11.8 Å². The van der Waals surface area contributed by atoms with Gasteiger partial charge < -0.3 is 14.8 Å². The molecule has 2 aromatic rings. The molecule has 2 aliphatic rings. The van der Waals surface area contributed by atoms with E-state index in [9.17, 15) is 14.4 Å². The van der Waals surface area contributed by atoms with Crippen LogP contribution in [-0.4, -0.2) is 53.4 Å². The summed E-state index contributed by atoms with van der Waals surface area (Å²) < 4.78 is 11.0. The van der Waals surface area contributed by atoms with Crippen molar-refractivity contribution in [1.29, 1.82) is 0 Å². The van der Waals surface area contributed by atoms with Crippen molar-refractivity contribution in [1.82, 2.24) is 4.90 Å². The van der Waals surface area contributed by atoms with Gasteiger partial charge in [-0.05, 0) is 31.2 Å². The number of benzene rings is 2. The SMILES string of the molecule is C[C@H](SCCN1C(=O)c2ccccc2C1=O)C(=O)Nc1ccc2c(c1)OCCO2. The molecule has 0 bridgehead atoms. The summed E-state index contributed by atoms with van der Waals surface area (Å²) in [6.07, 6.45) is 0. The van der Waals surface area contributed by atoms with Crippen molar-refractivity contribution < 1.29 is 23.9 Å². The summed E-state index contributed by atoms with van der Waals surface area (Å²) in [4.78, 5) is 38.4. The monoisotopic (exact) mass is 412 g/mol. The van der Waals surface area contributed by atoms with E-state index in [0.717, 1.165) is 0 Å². The topological polar surface area (TPSA) is 84.9 Å². The number of hydrogen-bond donors (Lipinski definition) is 1. The predicted molar refractivity (Wildman–Crippen MR) is 110 cm³/mol. The van der Waals surface area contributed by atoms with Crippen LogP contribution >= 0.6 is 11.8 Å². The van der Waals surface area contributed by atoms with Crippen molar-refractivity contribution in [3.05, 3.63) is 53.6 Å². The molecule has 3 amide bonds. The van der Waals surface area contributed by atoms with Gasteiger partial charge in [-0.2, -0.15) is 0 Å². The first-order valence-electron chi connectivity index (χ1n) is 9.32. The van der Waals surface area contributed by atoms with E-state index in [0.29, 0.717) is 47.3 Å². The molecule has 0 aliphatic carbocycles. The van der Waals surface area contributed by atoms with Crippen molar-refractivity contribution in [2.24, 2.45) is 0 Å². The van der Waals surface area contributed by atoms with Crippen molar-refractivity contribution in [3.8, 4) is 11.5 Å². The van der Waals surface area contributed by atoms with E-state index >= 15 is 0 Å². The number of anilines is 1. The second-order valence-electron chi connectivity index (χ2n) is 6.67.